The number of phenolic OH excluding ortho intramolecular Hbond substituents is 1. The first-order valence-electron chi connectivity index (χ1n) is 5.97. The zero-order chi connectivity index (χ0) is 14.3. The lowest BCUT2D eigenvalue weighted by atomic mass is 10.2. The first kappa shape index (κ1) is 14.8. The summed E-state index contributed by atoms with van der Waals surface area (Å²) in [6, 6.07) is 5.33. The molecule has 6 heteroatoms. The zero-order valence-corrected chi connectivity index (χ0v) is 10.6. The van der Waals surface area contributed by atoms with Crippen LogP contribution >= 0.6 is 0 Å². The van der Waals surface area contributed by atoms with E-state index in [4.69, 9.17) is 9.84 Å². The van der Waals surface area contributed by atoms with Crippen LogP contribution < -0.4 is 10.1 Å². The number of phenols is 1. The van der Waals surface area contributed by atoms with Gasteiger partial charge in [-0.15, -0.1) is 0 Å². The molecule has 6 nitrogen and oxygen atoms in total. The van der Waals surface area contributed by atoms with Crippen LogP contribution in [0.2, 0.25) is 0 Å². The lowest BCUT2D eigenvalue weighted by Crippen LogP contribution is -2.42. The van der Waals surface area contributed by atoms with Crippen LogP contribution in [0.5, 0.6) is 11.5 Å². The Morgan fingerprint density at radius 1 is 1.37 bits per heavy atom. The molecule has 0 fully saturated rings. The summed E-state index contributed by atoms with van der Waals surface area (Å²) in [5, 5.41) is 20.7. The number of benzene rings is 1. The van der Waals surface area contributed by atoms with Gasteiger partial charge in [0.2, 0.25) is 0 Å². The smallest absolute Gasteiger partial charge is 0.326 e. The van der Waals surface area contributed by atoms with Crippen LogP contribution in [0.1, 0.15) is 19.8 Å². The molecular weight excluding hydrogens is 250 g/mol. The molecule has 0 aliphatic heterocycles. The van der Waals surface area contributed by atoms with Gasteiger partial charge in [0.05, 0.1) is 0 Å². The van der Waals surface area contributed by atoms with Crippen molar-refractivity contribution in [2.45, 2.75) is 25.8 Å². The third-order valence-corrected chi connectivity index (χ3v) is 2.43. The fraction of sp³-hybridized carbons (Fsp3) is 0.385. The van der Waals surface area contributed by atoms with Crippen LogP contribution in [0.3, 0.4) is 0 Å². The van der Waals surface area contributed by atoms with E-state index in [1.54, 1.807) is 12.1 Å². The second-order valence-corrected chi connectivity index (χ2v) is 4.00. The van der Waals surface area contributed by atoms with Crippen molar-refractivity contribution in [2.75, 3.05) is 6.61 Å². The Labute approximate surface area is 111 Å². The number of hydrogen-bond acceptors (Lipinski definition) is 4. The molecule has 1 rings (SSSR count). The van der Waals surface area contributed by atoms with E-state index in [9.17, 15) is 14.7 Å². The maximum absolute atomic E-state index is 11.5. The van der Waals surface area contributed by atoms with E-state index in [0.29, 0.717) is 12.8 Å². The predicted molar refractivity (Wildman–Crippen MR) is 68.1 cm³/mol. The van der Waals surface area contributed by atoms with Crippen molar-refractivity contribution in [3.8, 4) is 11.5 Å². The molecular formula is C13H17NO5. The van der Waals surface area contributed by atoms with E-state index in [-0.39, 0.29) is 18.1 Å². The minimum atomic E-state index is -1.07. The summed E-state index contributed by atoms with van der Waals surface area (Å²) in [6.07, 6.45) is 1.01. The number of rotatable bonds is 7. The van der Waals surface area contributed by atoms with Crippen molar-refractivity contribution >= 4 is 11.9 Å². The molecule has 0 unspecified atom stereocenters. The Hall–Kier alpha value is -2.24. The number of nitrogens with one attached hydrogen (secondary N) is 1. The first-order valence-corrected chi connectivity index (χ1v) is 5.97. The summed E-state index contributed by atoms with van der Waals surface area (Å²) in [6.45, 7) is 1.49. The highest BCUT2D eigenvalue weighted by atomic mass is 16.5. The van der Waals surface area contributed by atoms with Crippen molar-refractivity contribution in [1.82, 2.24) is 5.32 Å². The van der Waals surface area contributed by atoms with Crippen molar-refractivity contribution in [3.63, 3.8) is 0 Å². The summed E-state index contributed by atoms with van der Waals surface area (Å²) in [5.74, 6) is -1.50. The number of carboxylic acids is 1. The van der Waals surface area contributed by atoms with Crippen LogP contribution in [0.25, 0.3) is 0 Å². The van der Waals surface area contributed by atoms with Gasteiger partial charge in [-0.05, 0) is 18.6 Å². The molecule has 0 aliphatic rings. The zero-order valence-electron chi connectivity index (χ0n) is 10.6. The Balaban J connectivity index is 2.47. The van der Waals surface area contributed by atoms with Crippen molar-refractivity contribution in [1.29, 1.82) is 0 Å². The maximum atomic E-state index is 11.5. The summed E-state index contributed by atoms with van der Waals surface area (Å²) < 4.78 is 5.10. The standard InChI is InChI=1S/C13H17NO5/c1-2-5-9(13(17)18)14-12(16)8-19-11-7-4-3-6-10(11)15/h3-4,6-7,9,15H,2,5,8H2,1H3,(H,14,16)(H,17,18)/t9-/m1/s1. The number of carboxylic acid groups (broad SMARTS) is 1. The molecule has 0 spiro atoms. The third kappa shape index (κ3) is 4.87. The summed E-state index contributed by atoms with van der Waals surface area (Å²) in [5.41, 5.74) is 0. The molecule has 0 aliphatic carbocycles. The Bertz CT molecular complexity index is 446. The van der Waals surface area contributed by atoms with Crippen molar-refractivity contribution in [2.24, 2.45) is 0 Å². The number of carbonyl (C=O) groups is 2. The first-order chi connectivity index (χ1) is 9.04. The van der Waals surface area contributed by atoms with Gasteiger partial charge in [-0.1, -0.05) is 25.5 Å². The fourth-order valence-corrected chi connectivity index (χ4v) is 1.50. The number of carbonyl (C=O) groups excluding carboxylic acids is 1. The van der Waals surface area contributed by atoms with E-state index in [2.05, 4.69) is 5.32 Å². The number of aromatic hydroxyl groups is 1. The monoisotopic (exact) mass is 267 g/mol. The van der Waals surface area contributed by atoms with Crippen molar-refractivity contribution in [3.05, 3.63) is 24.3 Å². The van der Waals surface area contributed by atoms with E-state index >= 15 is 0 Å². The fourth-order valence-electron chi connectivity index (χ4n) is 1.50. The molecule has 19 heavy (non-hydrogen) atoms. The highest BCUT2D eigenvalue weighted by molar-refractivity contribution is 5.84. The largest absolute Gasteiger partial charge is 0.504 e. The molecule has 1 amide bonds. The highest BCUT2D eigenvalue weighted by Crippen LogP contribution is 2.23. The molecule has 1 aromatic carbocycles. The second kappa shape index (κ2) is 7.25. The molecule has 0 aromatic heterocycles. The second-order valence-electron chi connectivity index (χ2n) is 4.00. The summed E-state index contributed by atoms with van der Waals surface area (Å²) in [4.78, 5) is 22.4. The average molecular weight is 267 g/mol. The molecule has 0 saturated heterocycles. The van der Waals surface area contributed by atoms with E-state index in [0.717, 1.165) is 0 Å². The van der Waals surface area contributed by atoms with Crippen molar-refractivity contribution < 1.29 is 24.5 Å². The lowest BCUT2D eigenvalue weighted by molar-refractivity contribution is -0.142. The quantitative estimate of drug-likeness (QED) is 0.688. The molecule has 0 radical (unpaired) electrons. The Kier molecular flexibility index (Phi) is 5.66. The van der Waals surface area contributed by atoms with Gasteiger partial charge in [0.1, 0.15) is 6.04 Å². The summed E-state index contributed by atoms with van der Waals surface area (Å²) in [7, 11) is 0. The van der Waals surface area contributed by atoms with Gasteiger partial charge in [0.25, 0.3) is 5.91 Å². The van der Waals surface area contributed by atoms with E-state index in [1.165, 1.54) is 12.1 Å². The van der Waals surface area contributed by atoms with Gasteiger partial charge < -0.3 is 20.3 Å². The van der Waals surface area contributed by atoms with Gasteiger partial charge in [0.15, 0.2) is 18.1 Å². The van der Waals surface area contributed by atoms with Crippen LogP contribution in [0, 0.1) is 0 Å². The van der Waals surface area contributed by atoms with Gasteiger partial charge >= 0.3 is 5.97 Å². The molecule has 1 aromatic rings. The minimum absolute atomic E-state index is 0.0707. The minimum Gasteiger partial charge on any atom is -0.504 e. The molecule has 0 bridgehead atoms. The number of ether oxygens (including phenoxy) is 1. The summed E-state index contributed by atoms with van der Waals surface area (Å²) >= 11 is 0. The van der Waals surface area contributed by atoms with Crippen LogP contribution in [0.15, 0.2) is 24.3 Å². The van der Waals surface area contributed by atoms with Crippen LogP contribution in [0.4, 0.5) is 0 Å². The maximum Gasteiger partial charge on any atom is 0.326 e. The molecule has 0 saturated carbocycles. The van der Waals surface area contributed by atoms with E-state index in [1.807, 2.05) is 6.92 Å². The lowest BCUT2D eigenvalue weighted by Gasteiger charge is -2.14. The van der Waals surface area contributed by atoms with Crippen LogP contribution in [-0.2, 0) is 9.59 Å². The highest BCUT2D eigenvalue weighted by Gasteiger charge is 2.19. The average Bonchev–Trinajstić information content (AvgIpc) is 2.37. The predicted octanol–water partition coefficient (Wildman–Crippen LogP) is 1.14. The Morgan fingerprint density at radius 2 is 2.05 bits per heavy atom. The van der Waals surface area contributed by atoms with Gasteiger partial charge in [-0.2, -0.15) is 0 Å². The van der Waals surface area contributed by atoms with Crippen LogP contribution in [-0.4, -0.2) is 34.7 Å². The molecule has 104 valence electrons. The molecule has 3 N–H and O–H groups in total. The number of aliphatic carboxylic acids is 1. The number of hydrogen-bond donors (Lipinski definition) is 3. The number of amides is 1. The third-order valence-electron chi connectivity index (χ3n) is 2.43. The Morgan fingerprint density at radius 3 is 2.63 bits per heavy atom. The topological polar surface area (TPSA) is 95.9 Å². The van der Waals surface area contributed by atoms with Gasteiger partial charge in [-0.3, -0.25) is 4.79 Å². The van der Waals surface area contributed by atoms with Gasteiger partial charge in [0, 0.05) is 0 Å². The number of para-hydroxylation sites is 2. The normalized spacial score (nSPS) is 11.6. The van der Waals surface area contributed by atoms with E-state index < -0.39 is 17.9 Å². The molecule has 1 atom stereocenters. The molecule has 0 heterocycles. The SMILES string of the molecule is CCC[C@@H](NC(=O)COc1ccccc1O)C(=O)O. The van der Waals surface area contributed by atoms with Gasteiger partial charge in [-0.25, -0.2) is 4.79 Å².